The van der Waals surface area contributed by atoms with Crippen LogP contribution in [0.15, 0.2) is 59.1 Å². The van der Waals surface area contributed by atoms with E-state index in [2.05, 4.69) is 4.98 Å². The number of hydrogen-bond donors (Lipinski definition) is 3. The Balaban J connectivity index is 1.66. The van der Waals surface area contributed by atoms with Crippen LogP contribution in [0.5, 0.6) is 5.75 Å². The van der Waals surface area contributed by atoms with Gasteiger partial charge in [0.1, 0.15) is 23.7 Å². The Bertz CT molecular complexity index is 1290. The second kappa shape index (κ2) is 9.17. The number of aliphatic carboxylic acids is 1. The van der Waals surface area contributed by atoms with Gasteiger partial charge in [-0.15, -0.1) is 0 Å². The minimum atomic E-state index is -0.958. The number of para-hydroxylation sites is 1. The van der Waals surface area contributed by atoms with Gasteiger partial charge in [0.05, 0.1) is 12.1 Å². The van der Waals surface area contributed by atoms with Crippen LogP contribution in [0.4, 0.5) is 4.39 Å². The molecule has 164 valence electrons. The molecule has 0 aliphatic carbocycles. The number of carboxylic acids is 1. The van der Waals surface area contributed by atoms with Crippen molar-refractivity contribution in [3.63, 3.8) is 0 Å². The van der Waals surface area contributed by atoms with Gasteiger partial charge in [-0.2, -0.15) is 0 Å². The lowest BCUT2D eigenvalue weighted by molar-refractivity contribution is -0.136. The molecule has 0 saturated heterocycles. The summed E-state index contributed by atoms with van der Waals surface area (Å²) in [6, 6.07) is 14.0. The fourth-order valence-corrected chi connectivity index (χ4v) is 3.56. The van der Waals surface area contributed by atoms with Crippen molar-refractivity contribution in [2.24, 2.45) is 11.5 Å². The molecular weight excluding hydrogens is 413 g/mol. The lowest BCUT2D eigenvalue weighted by Crippen LogP contribution is -2.05. The molecule has 0 aliphatic heterocycles. The number of benzene rings is 2. The van der Waals surface area contributed by atoms with Gasteiger partial charge in [-0.3, -0.25) is 9.78 Å². The standard InChI is InChI=1S/C24H22FN3O4/c25-23-18(6-7-28-20(23)12-27)19-3-1-2-16-9-17(32-24(16)19)13-31-21-8-14(11-26)4-5-15(21)10-22(29)30/h1-9H,10-13,26-27H2,(H,29,30). The average molecular weight is 435 g/mol. The molecule has 0 aliphatic rings. The number of fused-ring (bicyclic) bond motifs is 1. The monoisotopic (exact) mass is 435 g/mol. The highest BCUT2D eigenvalue weighted by atomic mass is 19.1. The highest BCUT2D eigenvalue weighted by Crippen LogP contribution is 2.33. The number of halogens is 1. The average Bonchev–Trinajstić information content (AvgIpc) is 3.21. The zero-order chi connectivity index (χ0) is 22.7. The number of nitrogens with two attached hydrogens (primary N) is 2. The fourth-order valence-electron chi connectivity index (χ4n) is 3.56. The topological polar surface area (TPSA) is 125 Å². The molecule has 4 rings (SSSR count). The summed E-state index contributed by atoms with van der Waals surface area (Å²) in [5.74, 6) is -0.488. The van der Waals surface area contributed by atoms with Crippen molar-refractivity contribution in [2.75, 3.05) is 0 Å². The molecule has 5 N–H and O–H groups in total. The van der Waals surface area contributed by atoms with Crippen LogP contribution in [0.25, 0.3) is 22.1 Å². The van der Waals surface area contributed by atoms with E-state index in [1.165, 1.54) is 6.20 Å². The maximum Gasteiger partial charge on any atom is 0.307 e. The van der Waals surface area contributed by atoms with E-state index in [4.69, 9.17) is 25.7 Å². The molecule has 0 amide bonds. The van der Waals surface area contributed by atoms with Crippen LogP contribution in [-0.2, 0) is 30.9 Å². The summed E-state index contributed by atoms with van der Waals surface area (Å²) in [6.07, 6.45) is 1.34. The molecule has 8 heteroatoms. The largest absolute Gasteiger partial charge is 0.485 e. The van der Waals surface area contributed by atoms with Gasteiger partial charge in [0.15, 0.2) is 5.82 Å². The molecule has 4 aromatic rings. The molecule has 2 aromatic heterocycles. The number of rotatable bonds is 8. The van der Waals surface area contributed by atoms with Crippen molar-refractivity contribution in [1.82, 2.24) is 4.98 Å². The lowest BCUT2D eigenvalue weighted by Gasteiger charge is -2.11. The van der Waals surface area contributed by atoms with E-state index in [-0.39, 0.29) is 25.3 Å². The number of nitrogens with zero attached hydrogens (tertiary/aromatic N) is 1. The molecule has 0 saturated carbocycles. The van der Waals surface area contributed by atoms with E-state index in [1.54, 1.807) is 30.3 Å². The smallest absolute Gasteiger partial charge is 0.307 e. The van der Waals surface area contributed by atoms with Gasteiger partial charge in [0.25, 0.3) is 0 Å². The van der Waals surface area contributed by atoms with Gasteiger partial charge < -0.3 is 25.7 Å². The maximum absolute atomic E-state index is 14.8. The molecule has 0 radical (unpaired) electrons. The minimum Gasteiger partial charge on any atom is -0.485 e. The molecule has 0 fully saturated rings. The summed E-state index contributed by atoms with van der Waals surface area (Å²) in [5.41, 5.74) is 14.3. The van der Waals surface area contributed by atoms with Gasteiger partial charge in [-0.1, -0.05) is 30.3 Å². The lowest BCUT2D eigenvalue weighted by atomic mass is 10.0. The maximum atomic E-state index is 14.8. The van der Waals surface area contributed by atoms with Crippen LogP contribution in [0.3, 0.4) is 0 Å². The van der Waals surface area contributed by atoms with Crippen molar-refractivity contribution >= 4 is 16.9 Å². The van der Waals surface area contributed by atoms with Crippen LogP contribution in [-0.4, -0.2) is 16.1 Å². The number of ether oxygens (including phenoxy) is 1. The van der Waals surface area contributed by atoms with Crippen molar-refractivity contribution in [3.8, 4) is 16.9 Å². The molecule has 0 bridgehead atoms. The molecule has 2 aromatic carbocycles. The van der Waals surface area contributed by atoms with E-state index in [9.17, 15) is 9.18 Å². The van der Waals surface area contributed by atoms with Gasteiger partial charge in [-0.05, 0) is 23.8 Å². The zero-order valence-corrected chi connectivity index (χ0v) is 17.2. The first kappa shape index (κ1) is 21.5. The Morgan fingerprint density at radius 1 is 1.09 bits per heavy atom. The second-order valence-electron chi connectivity index (χ2n) is 7.27. The molecule has 0 unspecified atom stereocenters. The molecule has 2 heterocycles. The van der Waals surface area contributed by atoms with E-state index in [0.717, 1.165) is 10.9 Å². The second-order valence-corrected chi connectivity index (χ2v) is 7.27. The quantitative estimate of drug-likeness (QED) is 0.385. The minimum absolute atomic E-state index is 0.00651. The van der Waals surface area contributed by atoms with Crippen molar-refractivity contribution < 1.29 is 23.4 Å². The summed E-state index contributed by atoms with van der Waals surface area (Å²) in [6.45, 7) is 0.370. The third-order valence-electron chi connectivity index (χ3n) is 5.12. The summed E-state index contributed by atoms with van der Waals surface area (Å²) in [5, 5.41) is 9.94. The van der Waals surface area contributed by atoms with Crippen molar-refractivity contribution in [3.05, 3.63) is 83.1 Å². The van der Waals surface area contributed by atoms with Crippen molar-refractivity contribution in [1.29, 1.82) is 0 Å². The summed E-state index contributed by atoms with van der Waals surface area (Å²) in [4.78, 5) is 15.1. The molecule has 0 atom stereocenters. The normalized spacial score (nSPS) is 11.1. The third-order valence-corrected chi connectivity index (χ3v) is 5.12. The predicted octanol–water partition coefficient (Wildman–Crippen LogP) is 3.76. The zero-order valence-electron chi connectivity index (χ0n) is 17.2. The highest BCUT2D eigenvalue weighted by Gasteiger charge is 2.16. The Kier molecular flexibility index (Phi) is 6.16. The molecular formula is C24H22FN3O4. The van der Waals surface area contributed by atoms with Gasteiger partial charge in [0.2, 0.25) is 0 Å². The molecule has 7 nitrogen and oxygen atoms in total. The fraction of sp³-hybridized carbons (Fsp3) is 0.167. The first-order chi connectivity index (χ1) is 15.5. The summed E-state index contributed by atoms with van der Waals surface area (Å²) < 4.78 is 26.7. The van der Waals surface area contributed by atoms with E-state index in [0.29, 0.717) is 40.3 Å². The highest BCUT2D eigenvalue weighted by molar-refractivity contribution is 5.93. The SMILES string of the molecule is NCc1ccc(CC(=O)O)c(OCc2cc3cccc(-c4ccnc(CN)c4F)c3o2)c1. The van der Waals surface area contributed by atoms with Crippen LogP contribution < -0.4 is 16.2 Å². The van der Waals surface area contributed by atoms with E-state index >= 15 is 0 Å². The Hall–Kier alpha value is -3.75. The number of carboxylic acid groups (broad SMARTS) is 1. The van der Waals surface area contributed by atoms with Crippen LogP contribution in [0.1, 0.15) is 22.6 Å². The molecule has 32 heavy (non-hydrogen) atoms. The number of pyridine rings is 1. The van der Waals surface area contributed by atoms with E-state index in [1.807, 2.05) is 18.2 Å². The first-order valence-electron chi connectivity index (χ1n) is 10.0. The van der Waals surface area contributed by atoms with Gasteiger partial charge in [0, 0.05) is 41.4 Å². The number of aromatic nitrogens is 1. The Labute approximate surface area is 183 Å². The van der Waals surface area contributed by atoms with Crippen LogP contribution in [0, 0.1) is 5.82 Å². The first-order valence-corrected chi connectivity index (χ1v) is 10.0. The van der Waals surface area contributed by atoms with Crippen LogP contribution >= 0.6 is 0 Å². The third kappa shape index (κ3) is 4.32. The van der Waals surface area contributed by atoms with E-state index < -0.39 is 11.8 Å². The Morgan fingerprint density at radius 3 is 2.69 bits per heavy atom. The number of furan rings is 1. The summed E-state index contributed by atoms with van der Waals surface area (Å²) >= 11 is 0. The summed E-state index contributed by atoms with van der Waals surface area (Å²) in [7, 11) is 0. The number of carbonyl (C=O) groups is 1. The Morgan fingerprint density at radius 2 is 1.94 bits per heavy atom. The van der Waals surface area contributed by atoms with Crippen molar-refractivity contribution in [2.45, 2.75) is 26.1 Å². The van der Waals surface area contributed by atoms with Crippen LogP contribution in [0.2, 0.25) is 0 Å². The number of hydrogen-bond acceptors (Lipinski definition) is 6. The van der Waals surface area contributed by atoms with Gasteiger partial charge >= 0.3 is 5.97 Å². The van der Waals surface area contributed by atoms with Gasteiger partial charge in [-0.25, -0.2) is 4.39 Å². The predicted molar refractivity (Wildman–Crippen MR) is 117 cm³/mol. The molecule has 0 spiro atoms.